The van der Waals surface area contributed by atoms with Crippen LogP contribution in [0.3, 0.4) is 0 Å². The number of thiol groups is 1. The Morgan fingerprint density at radius 3 is 2.50 bits per heavy atom. The van der Waals surface area contributed by atoms with Gasteiger partial charge in [-0.25, -0.2) is 0 Å². The van der Waals surface area contributed by atoms with Crippen LogP contribution in [0.4, 0.5) is 0 Å². The Morgan fingerprint density at radius 2 is 1.92 bits per heavy atom. The summed E-state index contributed by atoms with van der Waals surface area (Å²) >= 11 is 4.46. The second-order valence-corrected chi connectivity index (χ2v) is 4.07. The molecule has 0 aromatic rings. The van der Waals surface area contributed by atoms with Crippen LogP contribution in [0.15, 0.2) is 12.7 Å². The summed E-state index contributed by atoms with van der Waals surface area (Å²) in [6.45, 7) is 5.91. The summed E-state index contributed by atoms with van der Waals surface area (Å²) in [7, 11) is 0. The monoisotopic (exact) mass is 186 g/mol. The summed E-state index contributed by atoms with van der Waals surface area (Å²) in [6, 6.07) is 0. The van der Waals surface area contributed by atoms with Gasteiger partial charge in [0.2, 0.25) is 0 Å². The summed E-state index contributed by atoms with van der Waals surface area (Å²) < 4.78 is 0. The first-order chi connectivity index (χ1) is 5.81. The van der Waals surface area contributed by atoms with Gasteiger partial charge >= 0.3 is 0 Å². The largest absolute Gasteiger partial charge is 0.176 e. The smallest absolute Gasteiger partial charge is 0.00141 e. The summed E-state index contributed by atoms with van der Waals surface area (Å²) in [5, 5.41) is 0.629. The molecular formula is C11H22S. The third kappa shape index (κ3) is 8.19. The minimum absolute atomic E-state index is 0.629. The van der Waals surface area contributed by atoms with E-state index in [4.69, 9.17) is 0 Å². The number of hydrogen-bond donors (Lipinski definition) is 1. The zero-order valence-electron chi connectivity index (χ0n) is 8.26. The minimum atomic E-state index is 0.629. The van der Waals surface area contributed by atoms with Crippen molar-refractivity contribution in [3.8, 4) is 0 Å². The van der Waals surface area contributed by atoms with E-state index in [0.29, 0.717) is 5.25 Å². The van der Waals surface area contributed by atoms with Crippen molar-refractivity contribution in [1.82, 2.24) is 0 Å². The zero-order chi connectivity index (χ0) is 9.23. The molecule has 1 heteroatoms. The van der Waals surface area contributed by atoms with Crippen LogP contribution in [-0.2, 0) is 0 Å². The molecule has 0 N–H and O–H groups in total. The fourth-order valence-corrected chi connectivity index (χ4v) is 1.41. The van der Waals surface area contributed by atoms with Gasteiger partial charge in [0.05, 0.1) is 0 Å². The topological polar surface area (TPSA) is 0 Å². The molecule has 0 saturated carbocycles. The number of unbranched alkanes of at least 4 members (excludes halogenated alkanes) is 4. The normalized spacial score (nSPS) is 12.8. The molecule has 0 aliphatic carbocycles. The summed E-state index contributed by atoms with van der Waals surface area (Å²) in [5.41, 5.74) is 0. The van der Waals surface area contributed by atoms with Crippen LogP contribution >= 0.6 is 12.6 Å². The number of rotatable bonds is 8. The zero-order valence-corrected chi connectivity index (χ0v) is 9.15. The second kappa shape index (κ2) is 9.18. The summed E-state index contributed by atoms with van der Waals surface area (Å²) in [5.74, 6) is 0. The first-order valence-corrected chi connectivity index (χ1v) is 5.61. The van der Waals surface area contributed by atoms with Gasteiger partial charge in [-0.2, -0.15) is 12.6 Å². The highest BCUT2D eigenvalue weighted by molar-refractivity contribution is 7.80. The molecule has 0 nitrogen and oxygen atoms in total. The highest BCUT2D eigenvalue weighted by Crippen LogP contribution is 2.12. The molecule has 0 aliphatic heterocycles. The molecule has 0 aliphatic rings. The average molecular weight is 186 g/mol. The maximum atomic E-state index is 4.46. The van der Waals surface area contributed by atoms with Crippen molar-refractivity contribution >= 4 is 12.6 Å². The Morgan fingerprint density at radius 1 is 1.25 bits per heavy atom. The van der Waals surface area contributed by atoms with Gasteiger partial charge in [-0.05, 0) is 25.7 Å². The molecule has 0 aromatic carbocycles. The quantitative estimate of drug-likeness (QED) is 0.327. The molecule has 0 bridgehead atoms. The van der Waals surface area contributed by atoms with Crippen molar-refractivity contribution in [3.05, 3.63) is 12.7 Å². The van der Waals surface area contributed by atoms with E-state index >= 15 is 0 Å². The van der Waals surface area contributed by atoms with Crippen molar-refractivity contribution in [2.45, 2.75) is 57.1 Å². The van der Waals surface area contributed by atoms with Gasteiger partial charge in [0.15, 0.2) is 0 Å². The predicted molar refractivity (Wildman–Crippen MR) is 61.0 cm³/mol. The maximum Gasteiger partial charge on any atom is 0.00141 e. The van der Waals surface area contributed by atoms with E-state index in [1.807, 2.05) is 6.08 Å². The Bertz CT molecular complexity index is 99.2. The predicted octanol–water partition coefficient (Wildman–Crippen LogP) is 4.22. The van der Waals surface area contributed by atoms with Crippen molar-refractivity contribution in [2.75, 3.05) is 0 Å². The van der Waals surface area contributed by atoms with E-state index < -0.39 is 0 Å². The van der Waals surface area contributed by atoms with Crippen LogP contribution in [0, 0.1) is 0 Å². The third-order valence-electron chi connectivity index (χ3n) is 2.17. The van der Waals surface area contributed by atoms with E-state index in [1.54, 1.807) is 0 Å². The van der Waals surface area contributed by atoms with E-state index in [2.05, 4.69) is 26.1 Å². The van der Waals surface area contributed by atoms with E-state index in [-0.39, 0.29) is 0 Å². The lowest BCUT2D eigenvalue weighted by molar-refractivity contribution is 0.601. The molecule has 1 atom stereocenters. The molecule has 0 saturated heterocycles. The lowest BCUT2D eigenvalue weighted by atomic mass is 10.1. The molecule has 0 aromatic heterocycles. The molecule has 0 fully saturated rings. The Balaban J connectivity index is 2.95. The molecule has 0 amide bonds. The van der Waals surface area contributed by atoms with Gasteiger partial charge in [-0.3, -0.25) is 0 Å². The first-order valence-electron chi connectivity index (χ1n) is 5.10. The van der Waals surface area contributed by atoms with Crippen LogP contribution in [0.1, 0.15) is 51.9 Å². The van der Waals surface area contributed by atoms with Crippen LogP contribution in [-0.4, -0.2) is 5.25 Å². The Labute approximate surface area is 82.9 Å². The molecule has 0 rings (SSSR count). The van der Waals surface area contributed by atoms with Crippen LogP contribution in [0.25, 0.3) is 0 Å². The van der Waals surface area contributed by atoms with Crippen molar-refractivity contribution in [2.24, 2.45) is 0 Å². The minimum Gasteiger partial charge on any atom is -0.176 e. The molecule has 72 valence electrons. The van der Waals surface area contributed by atoms with Gasteiger partial charge in [0.1, 0.15) is 0 Å². The average Bonchev–Trinajstić information content (AvgIpc) is 2.10. The summed E-state index contributed by atoms with van der Waals surface area (Å²) in [6.07, 6.45) is 11.1. The summed E-state index contributed by atoms with van der Waals surface area (Å²) in [4.78, 5) is 0. The maximum absolute atomic E-state index is 4.46. The van der Waals surface area contributed by atoms with Crippen LogP contribution in [0.5, 0.6) is 0 Å². The molecule has 0 radical (unpaired) electrons. The van der Waals surface area contributed by atoms with Gasteiger partial charge in [0, 0.05) is 5.25 Å². The van der Waals surface area contributed by atoms with Gasteiger partial charge in [-0.1, -0.05) is 32.3 Å². The molecular weight excluding hydrogens is 164 g/mol. The Hall–Kier alpha value is 0.0900. The van der Waals surface area contributed by atoms with Gasteiger partial charge < -0.3 is 0 Å². The van der Waals surface area contributed by atoms with Crippen LogP contribution < -0.4 is 0 Å². The lowest BCUT2D eigenvalue weighted by Crippen LogP contribution is -1.95. The van der Waals surface area contributed by atoms with Gasteiger partial charge in [-0.15, -0.1) is 6.58 Å². The van der Waals surface area contributed by atoms with Crippen molar-refractivity contribution < 1.29 is 0 Å². The van der Waals surface area contributed by atoms with E-state index in [0.717, 1.165) is 0 Å². The SMILES string of the molecule is C=CCCCCCCC(S)CC. The lowest BCUT2D eigenvalue weighted by Gasteiger charge is -2.06. The molecule has 1 unspecified atom stereocenters. The third-order valence-corrected chi connectivity index (χ3v) is 2.79. The highest BCUT2D eigenvalue weighted by Gasteiger charge is 1.97. The van der Waals surface area contributed by atoms with E-state index in [1.165, 1.54) is 44.9 Å². The van der Waals surface area contributed by atoms with Crippen molar-refractivity contribution in [3.63, 3.8) is 0 Å². The fraction of sp³-hybridized carbons (Fsp3) is 0.818. The highest BCUT2D eigenvalue weighted by atomic mass is 32.1. The number of hydrogen-bond acceptors (Lipinski definition) is 1. The van der Waals surface area contributed by atoms with Crippen LogP contribution in [0.2, 0.25) is 0 Å². The standard InChI is InChI=1S/C11H22S/c1-3-5-6-7-8-9-10-11(12)4-2/h3,11-12H,1,4-10H2,2H3. The molecule has 0 spiro atoms. The van der Waals surface area contributed by atoms with Crippen molar-refractivity contribution in [1.29, 1.82) is 0 Å². The number of allylic oxidation sites excluding steroid dienone is 1. The first kappa shape index (κ1) is 12.1. The van der Waals surface area contributed by atoms with Gasteiger partial charge in [0.25, 0.3) is 0 Å². The molecule has 0 heterocycles. The fourth-order valence-electron chi connectivity index (χ4n) is 1.23. The second-order valence-electron chi connectivity index (χ2n) is 3.34. The Kier molecular flexibility index (Phi) is 9.25. The molecule has 12 heavy (non-hydrogen) atoms. The van der Waals surface area contributed by atoms with E-state index in [9.17, 15) is 0 Å².